The summed E-state index contributed by atoms with van der Waals surface area (Å²) in [4.78, 5) is 12.3. The van der Waals surface area contributed by atoms with Crippen molar-refractivity contribution >= 4 is 23.5 Å². The highest BCUT2D eigenvalue weighted by molar-refractivity contribution is 8.03. The van der Waals surface area contributed by atoms with Gasteiger partial charge in [0.15, 0.2) is 5.09 Å². The second kappa shape index (κ2) is 10.7. The first kappa shape index (κ1) is 22.4. The van der Waals surface area contributed by atoms with E-state index in [0.717, 1.165) is 28.5 Å². The number of nitrogens with zero attached hydrogens (tertiary/aromatic N) is 1. The molecular weight excluding hydrogens is 437 g/mol. The van der Waals surface area contributed by atoms with Gasteiger partial charge in [0.1, 0.15) is 24.3 Å². The lowest BCUT2D eigenvalue weighted by molar-refractivity contribution is -0.141. The molecule has 4 nitrogen and oxygen atoms in total. The average Bonchev–Trinajstić information content (AvgIpc) is 2.87. The zero-order valence-corrected chi connectivity index (χ0v) is 18.4. The molecule has 3 aromatic rings. The average molecular weight is 458 g/mol. The number of nitriles is 1. The van der Waals surface area contributed by atoms with E-state index in [0.29, 0.717) is 16.4 Å². The van der Waals surface area contributed by atoms with Crippen molar-refractivity contribution in [3.8, 4) is 6.07 Å². The number of carbonyl (C=O) groups excluding carboxylic acids is 1. The van der Waals surface area contributed by atoms with Crippen molar-refractivity contribution in [2.24, 2.45) is 0 Å². The fourth-order valence-electron chi connectivity index (χ4n) is 3.37. The van der Waals surface area contributed by atoms with Gasteiger partial charge in [-0.3, -0.25) is 4.79 Å². The molecule has 0 unspecified atom stereocenters. The van der Waals surface area contributed by atoms with E-state index in [1.165, 1.54) is 12.1 Å². The first-order chi connectivity index (χ1) is 16.1. The van der Waals surface area contributed by atoms with E-state index in [2.05, 4.69) is 6.07 Å². The number of hydrogen-bond acceptors (Lipinski definition) is 5. The Kier molecular flexibility index (Phi) is 7.23. The lowest BCUT2D eigenvalue weighted by Crippen LogP contribution is -2.12. The zero-order chi connectivity index (χ0) is 23.0. The number of hydrogen-bond donors (Lipinski definition) is 0. The molecule has 164 valence electrons. The Bertz CT molecular complexity index is 1220. The van der Waals surface area contributed by atoms with Gasteiger partial charge in [-0.25, -0.2) is 4.39 Å². The second-order valence-electron chi connectivity index (χ2n) is 7.28. The number of thioether (sulfide) groups is 1. The second-order valence-corrected chi connectivity index (χ2v) is 8.22. The lowest BCUT2D eigenvalue weighted by Gasteiger charge is -2.24. The van der Waals surface area contributed by atoms with Crippen molar-refractivity contribution in [2.45, 2.75) is 12.5 Å². The number of ether oxygens (including phenoxy) is 2. The standard InChI is InChI=1S/C27H20FNO3S/c28-22-13-11-20(12-14-22)23-15-25(21-9-5-2-6-10-21)32-27(24(23)16-29)33-18-26(30)31-17-19-7-3-1-4-8-19/h1-15,23H,17-18H2/t23-/m1/s1. The van der Waals surface area contributed by atoms with Crippen molar-refractivity contribution < 1.29 is 18.7 Å². The molecule has 0 radical (unpaired) electrons. The Labute approximate surface area is 196 Å². The van der Waals surface area contributed by atoms with Crippen LogP contribution in [0.15, 0.2) is 102 Å². The summed E-state index contributed by atoms with van der Waals surface area (Å²) in [7, 11) is 0. The van der Waals surface area contributed by atoms with Crippen LogP contribution in [0.1, 0.15) is 22.6 Å². The van der Waals surface area contributed by atoms with Crippen LogP contribution < -0.4 is 0 Å². The Balaban J connectivity index is 1.55. The number of benzene rings is 3. The minimum Gasteiger partial charge on any atom is -0.460 e. The number of halogens is 1. The third-order valence-electron chi connectivity index (χ3n) is 5.02. The van der Waals surface area contributed by atoms with Gasteiger partial charge in [0, 0.05) is 11.5 Å². The molecule has 0 aliphatic carbocycles. The van der Waals surface area contributed by atoms with E-state index < -0.39 is 11.9 Å². The summed E-state index contributed by atoms with van der Waals surface area (Å²) < 4.78 is 24.9. The molecular formula is C27H20FNO3S. The Hall–Kier alpha value is -3.82. The summed E-state index contributed by atoms with van der Waals surface area (Å²) in [6, 6.07) is 27.2. The molecule has 0 saturated heterocycles. The molecule has 0 bridgehead atoms. The largest absolute Gasteiger partial charge is 0.460 e. The van der Waals surface area contributed by atoms with E-state index in [1.54, 1.807) is 12.1 Å². The quantitative estimate of drug-likeness (QED) is 0.396. The molecule has 0 fully saturated rings. The molecule has 33 heavy (non-hydrogen) atoms. The summed E-state index contributed by atoms with van der Waals surface area (Å²) in [5.41, 5.74) is 2.86. The Morgan fingerprint density at radius 2 is 1.67 bits per heavy atom. The van der Waals surface area contributed by atoms with Gasteiger partial charge in [-0.2, -0.15) is 5.26 Å². The summed E-state index contributed by atoms with van der Waals surface area (Å²) in [5.74, 6) is -0.625. The number of carbonyl (C=O) groups is 1. The predicted molar refractivity (Wildman–Crippen MR) is 126 cm³/mol. The summed E-state index contributed by atoms with van der Waals surface area (Å²) in [6.07, 6.45) is 1.85. The molecule has 6 heteroatoms. The van der Waals surface area contributed by atoms with Gasteiger partial charge in [-0.15, -0.1) is 0 Å². The molecule has 0 aromatic heterocycles. The van der Waals surface area contributed by atoms with E-state index in [4.69, 9.17) is 9.47 Å². The molecule has 3 aromatic carbocycles. The molecule has 1 heterocycles. The summed E-state index contributed by atoms with van der Waals surface area (Å²) in [5, 5.41) is 10.2. The first-order valence-electron chi connectivity index (χ1n) is 10.3. The van der Waals surface area contributed by atoms with Gasteiger partial charge in [0.2, 0.25) is 0 Å². The van der Waals surface area contributed by atoms with E-state index in [1.807, 2.05) is 66.7 Å². The van der Waals surface area contributed by atoms with E-state index in [-0.39, 0.29) is 18.2 Å². The van der Waals surface area contributed by atoms with Crippen molar-refractivity contribution in [1.82, 2.24) is 0 Å². The predicted octanol–water partition coefficient (Wildman–Crippen LogP) is 6.19. The summed E-state index contributed by atoms with van der Waals surface area (Å²) >= 11 is 1.12. The minimum atomic E-state index is -0.428. The van der Waals surface area contributed by atoms with Crippen molar-refractivity contribution in [2.75, 3.05) is 5.75 Å². The third kappa shape index (κ3) is 5.71. The number of esters is 1. The zero-order valence-electron chi connectivity index (χ0n) is 17.6. The maximum atomic E-state index is 13.5. The molecule has 0 saturated carbocycles. The SMILES string of the molecule is N#CC1=C(SCC(=O)OCc2ccccc2)OC(c2ccccc2)=C[C@@H]1c1ccc(F)cc1. The molecule has 1 aliphatic rings. The van der Waals surface area contributed by atoms with Crippen LogP contribution in [0.5, 0.6) is 0 Å². The monoisotopic (exact) mass is 457 g/mol. The van der Waals surface area contributed by atoms with Crippen LogP contribution in [0.2, 0.25) is 0 Å². The molecule has 4 rings (SSSR count). The van der Waals surface area contributed by atoms with Crippen LogP contribution in [0.25, 0.3) is 5.76 Å². The van der Waals surface area contributed by atoms with Crippen LogP contribution in [-0.4, -0.2) is 11.7 Å². The van der Waals surface area contributed by atoms with E-state index in [9.17, 15) is 14.4 Å². The Morgan fingerprint density at radius 3 is 2.33 bits per heavy atom. The maximum Gasteiger partial charge on any atom is 0.316 e. The van der Waals surface area contributed by atoms with Gasteiger partial charge in [-0.05, 0) is 29.3 Å². The molecule has 1 aliphatic heterocycles. The fraction of sp³-hybridized carbons (Fsp3) is 0.111. The first-order valence-corrected chi connectivity index (χ1v) is 11.3. The molecule has 0 amide bonds. The minimum absolute atomic E-state index is 0.00838. The van der Waals surface area contributed by atoms with Gasteiger partial charge in [-0.1, -0.05) is 84.6 Å². The van der Waals surface area contributed by atoms with Crippen LogP contribution in [-0.2, 0) is 20.9 Å². The van der Waals surface area contributed by atoms with Crippen molar-refractivity contribution in [1.29, 1.82) is 5.26 Å². The highest BCUT2D eigenvalue weighted by Gasteiger charge is 2.28. The number of allylic oxidation sites excluding steroid dienone is 2. The van der Waals surface area contributed by atoms with Gasteiger partial charge in [0.05, 0.1) is 11.3 Å². The Morgan fingerprint density at radius 1 is 1.00 bits per heavy atom. The van der Waals surface area contributed by atoms with Crippen molar-refractivity contribution in [3.05, 3.63) is 124 Å². The van der Waals surface area contributed by atoms with Crippen LogP contribution in [0.4, 0.5) is 4.39 Å². The summed E-state index contributed by atoms with van der Waals surface area (Å²) in [6.45, 7) is 0.179. The van der Waals surface area contributed by atoms with Crippen LogP contribution in [0, 0.1) is 17.1 Å². The fourth-order valence-corrected chi connectivity index (χ4v) is 4.18. The van der Waals surface area contributed by atoms with Crippen LogP contribution in [0.3, 0.4) is 0 Å². The van der Waals surface area contributed by atoms with Crippen LogP contribution >= 0.6 is 11.8 Å². The normalized spacial score (nSPS) is 15.3. The highest BCUT2D eigenvalue weighted by Crippen LogP contribution is 2.41. The molecule has 0 N–H and O–H groups in total. The maximum absolute atomic E-state index is 13.5. The number of rotatable bonds is 7. The van der Waals surface area contributed by atoms with E-state index >= 15 is 0 Å². The smallest absolute Gasteiger partial charge is 0.316 e. The third-order valence-corrected chi connectivity index (χ3v) is 5.97. The van der Waals surface area contributed by atoms with Gasteiger partial charge in [0.25, 0.3) is 0 Å². The topological polar surface area (TPSA) is 59.3 Å². The molecule has 1 atom stereocenters. The van der Waals surface area contributed by atoms with Crippen molar-refractivity contribution in [3.63, 3.8) is 0 Å². The highest BCUT2D eigenvalue weighted by atomic mass is 32.2. The molecule has 0 spiro atoms. The van der Waals surface area contributed by atoms with Gasteiger partial charge < -0.3 is 9.47 Å². The van der Waals surface area contributed by atoms with Gasteiger partial charge >= 0.3 is 5.97 Å². The lowest BCUT2D eigenvalue weighted by atomic mass is 9.89.